The van der Waals surface area contributed by atoms with E-state index in [1.807, 2.05) is 0 Å². The minimum Gasteiger partial charge on any atom is -0.406 e. The van der Waals surface area contributed by atoms with Crippen LogP contribution in [0.1, 0.15) is 16.1 Å². The summed E-state index contributed by atoms with van der Waals surface area (Å²) in [5.41, 5.74) is 1.44. The standard InChI is InChI=1S/C13H12F3N3O2/c1-8-11(7-17-19(8)2)12(20)18-9-3-5-10(6-4-9)21-13(14,15)16/h3-7H,1-2H3,(H,18,20). The number of amides is 1. The number of carbonyl (C=O) groups is 1. The quantitative estimate of drug-likeness (QED) is 0.948. The van der Waals surface area contributed by atoms with Gasteiger partial charge in [0.25, 0.3) is 5.91 Å². The highest BCUT2D eigenvalue weighted by molar-refractivity contribution is 6.04. The first-order chi connectivity index (χ1) is 9.76. The van der Waals surface area contributed by atoms with Gasteiger partial charge in [-0.15, -0.1) is 13.2 Å². The van der Waals surface area contributed by atoms with Gasteiger partial charge in [0.2, 0.25) is 0 Å². The normalized spacial score (nSPS) is 11.3. The molecule has 112 valence electrons. The molecule has 0 spiro atoms. The molecule has 0 saturated carbocycles. The topological polar surface area (TPSA) is 56.1 Å². The lowest BCUT2D eigenvalue weighted by atomic mass is 10.2. The fourth-order valence-corrected chi connectivity index (χ4v) is 1.66. The van der Waals surface area contributed by atoms with Gasteiger partial charge >= 0.3 is 6.36 Å². The van der Waals surface area contributed by atoms with E-state index in [-0.39, 0.29) is 11.7 Å². The fraction of sp³-hybridized carbons (Fsp3) is 0.231. The Morgan fingerprint density at radius 3 is 2.38 bits per heavy atom. The van der Waals surface area contributed by atoms with Gasteiger partial charge in [-0.3, -0.25) is 9.48 Å². The monoisotopic (exact) mass is 299 g/mol. The molecule has 0 aliphatic carbocycles. The molecule has 21 heavy (non-hydrogen) atoms. The van der Waals surface area contributed by atoms with Crippen molar-refractivity contribution >= 4 is 11.6 Å². The van der Waals surface area contributed by atoms with Crippen LogP contribution in [0.2, 0.25) is 0 Å². The van der Waals surface area contributed by atoms with E-state index in [0.717, 1.165) is 12.1 Å². The van der Waals surface area contributed by atoms with E-state index < -0.39 is 6.36 Å². The summed E-state index contributed by atoms with van der Waals surface area (Å²) >= 11 is 0. The molecule has 5 nitrogen and oxygen atoms in total. The zero-order valence-electron chi connectivity index (χ0n) is 11.2. The van der Waals surface area contributed by atoms with Gasteiger partial charge in [-0.1, -0.05) is 0 Å². The molecule has 2 rings (SSSR count). The van der Waals surface area contributed by atoms with E-state index in [2.05, 4.69) is 15.2 Å². The highest BCUT2D eigenvalue weighted by Crippen LogP contribution is 2.24. The summed E-state index contributed by atoms with van der Waals surface area (Å²) in [5.74, 6) is -0.733. The summed E-state index contributed by atoms with van der Waals surface area (Å²) < 4.78 is 41.4. The van der Waals surface area contributed by atoms with Crippen LogP contribution in [0, 0.1) is 6.92 Å². The molecule has 0 radical (unpaired) electrons. The van der Waals surface area contributed by atoms with Crippen molar-refractivity contribution in [1.82, 2.24) is 9.78 Å². The molecule has 0 bridgehead atoms. The Hall–Kier alpha value is -2.51. The van der Waals surface area contributed by atoms with Crippen LogP contribution >= 0.6 is 0 Å². The molecule has 1 aromatic heterocycles. The second-order valence-corrected chi connectivity index (χ2v) is 4.29. The van der Waals surface area contributed by atoms with Crippen LogP contribution in [0.4, 0.5) is 18.9 Å². The molecule has 1 aromatic carbocycles. The molecule has 0 fully saturated rings. The van der Waals surface area contributed by atoms with E-state index in [1.165, 1.54) is 18.3 Å². The maximum atomic E-state index is 12.0. The van der Waals surface area contributed by atoms with Crippen LogP contribution in [0.3, 0.4) is 0 Å². The summed E-state index contributed by atoms with van der Waals surface area (Å²) in [6.45, 7) is 1.74. The molecule has 0 aliphatic heterocycles. The molecule has 0 aliphatic rings. The maximum Gasteiger partial charge on any atom is 0.573 e. The number of halogens is 3. The first-order valence-corrected chi connectivity index (χ1v) is 5.92. The van der Waals surface area contributed by atoms with Gasteiger partial charge < -0.3 is 10.1 Å². The van der Waals surface area contributed by atoms with Gasteiger partial charge in [-0.25, -0.2) is 0 Å². The number of aromatic nitrogens is 2. The molecule has 8 heteroatoms. The molecule has 1 N–H and O–H groups in total. The molecule has 0 unspecified atom stereocenters. The molecule has 1 heterocycles. The van der Waals surface area contributed by atoms with E-state index in [9.17, 15) is 18.0 Å². The lowest BCUT2D eigenvalue weighted by Gasteiger charge is -2.09. The van der Waals surface area contributed by atoms with Crippen LogP contribution in [0.5, 0.6) is 5.75 Å². The van der Waals surface area contributed by atoms with Crippen molar-refractivity contribution in [2.45, 2.75) is 13.3 Å². The van der Waals surface area contributed by atoms with Gasteiger partial charge in [0.05, 0.1) is 11.8 Å². The molecule has 0 atom stereocenters. The lowest BCUT2D eigenvalue weighted by molar-refractivity contribution is -0.274. The Morgan fingerprint density at radius 1 is 1.29 bits per heavy atom. The zero-order chi connectivity index (χ0) is 15.6. The van der Waals surface area contributed by atoms with Crippen LogP contribution < -0.4 is 10.1 Å². The lowest BCUT2D eigenvalue weighted by Crippen LogP contribution is -2.17. The van der Waals surface area contributed by atoms with Crippen molar-refractivity contribution < 1.29 is 22.7 Å². The van der Waals surface area contributed by atoms with Crippen molar-refractivity contribution in [1.29, 1.82) is 0 Å². The predicted octanol–water partition coefficient (Wildman–Crippen LogP) is 2.88. The van der Waals surface area contributed by atoms with E-state index in [1.54, 1.807) is 18.7 Å². The second-order valence-electron chi connectivity index (χ2n) is 4.29. The highest BCUT2D eigenvalue weighted by atomic mass is 19.4. The van der Waals surface area contributed by atoms with Crippen molar-refractivity contribution in [3.05, 3.63) is 41.7 Å². The Morgan fingerprint density at radius 2 is 1.90 bits per heavy atom. The van der Waals surface area contributed by atoms with Gasteiger partial charge in [0, 0.05) is 18.4 Å². The molecular formula is C13H12F3N3O2. The number of benzene rings is 1. The summed E-state index contributed by atoms with van der Waals surface area (Å²) in [6.07, 6.45) is -3.32. The summed E-state index contributed by atoms with van der Waals surface area (Å²) in [7, 11) is 1.70. The van der Waals surface area contributed by atoms with Gasteiger partial charge in [0.15, 0.2) is 0 Å². The van der Waals surface area contributed by atoms with Crippen LogP contribution in [0.15, 0.2) is 30.5 Å². The largest absolute Gasteiger partial charge is 0.573 e. The number of ether oxygens (including phenoxy) is 1. The number of nitrogens with one attached hydrogen (secondary N) is 1. The zero-order valence-corrected chi connectivity index (χ0v) is 11.2. The molecule has 0 saturated heterocycles. The number of alkyl halides is 3. The van der Waals surface area contributed by atoms with Crippen molar-refractivity contribution in [3.63, 3.8) is 0 Å². The Balaban J connectivity index is 2.07. The van der Waals surface area contributed by atoms with Crippen molar-refractivity contribution in [2.75, 3.05) is 5.32 Å². The van der Waals surface area contributed by atoms with E-state index in [0.29, 0.717) is 16.9 Å². The third-order valence-corrected chi connectivity index (χ3v) is 2.83. The number of rotatable bonds is 3. The summed E-state index contributed by atoms with van der Waals surface area (Å²) in [5, 5.41) is 6.52. The number of hydrogen-bond acceptors (Lipinski definition) is 3. The van der Waals surface area contributed by atoms with Crippen molar-refractivity contribution in [3.8, 4) is 5.75 Å². The van der Waals surface area contributed by atoms with Gasteiger partial charge in [0.1, 0.15) is 5.75 Å². The number of aryl methyl sites for hydroxylation is 1. The number of nitrogens with zero attached hydrogens (tertiary/aromatic N) is 2. The van der Waals surface area contributed by atoms with Crippen molar-refractivity contribution in [2.24, 2.45) is 7.05 Å². The molecule has 1 amide bonds. The fourth-order valence-electron chi connectivity index (χ4n) is 1.66. The maximum absolute atomic E-state index is 12.0. The molecule has 2 aromatic rings. The number of hydrogen-bond donors (Lipinski definition) is 1. The van der Waals surface area contributed by atoms with Crippen LogP contribution in [-0.2, 0) is 7.05 Å². The third-order valence-electron chi connectivity index (χ3n) is 2.83. The highest BCUT2D eigenvalue weighted by Gasteiger charge is 2.30. The first-order valence-electron chi connectivity index (χ1n) is 5.92. The average molecular weight is 299 g/mol. The van der Waals surface area contributed by atoms with Gasteiger partial charge in [-0.2, -0.15) is 5.10 Å². The SMILES string of the molecule is Cc1c(C(=O)Nc2ccc(OC(F)(F)F)cc2)cnn1C. The second kappa shape index (κ2) is 5.47. The Kier molecular flexibility index (Phi) is 3.88. The minimum absolute atomic E-state index is 0.349. The number of carbonyl (C=O) groups excluding carboxylic acids is 1. The van der Waals surface area contributed by atoms with Gasteiger partial charge in [-0.05, 0) is 31.2 Å². The third kappa shape index (κ3) is 3.74. The average Bonchev–Trinajstić information content (AvgIpc) is 2.71. The predicted molar refractivity (Wildman–Crippen MR) is 69.0 cm³/mol. The summed E-state index contributed by atoms with van der Waals surface area (Å²) in [6, 6.07) is 4.90. The van der Waals surface area contributed by atoms with Crippen LogP contribution in [-0.4, -0.2) is 22.1 Å². The van der Waals surface area contributed by atoms with E-state index >= 15 is 0 Å². The Bertz CT molecular complexity index is 648. The summed E-state index contributed by atoms with van der Waals surface area (Å²) in [4.78, 5) is 12.0. The molecular weight excluding hydrogens is 287 g/mol. The van der Waals surface area contributed by atoms with Crippen LogP contribution in [0.25, 0.3) is 0 Å². The Labute approximate surface area is 118 Å². The first kappa shape index (κ1) is 14.9. The number of anilines is 1. The van der Waals surface area contributed by atoms with E-state index in [4.69, 9.17) is 0 Å². The smallest absolute Gasteiger partial charge is 0.406 e. The minimum atomic E-state index is -4.74.